The number of nitrogens with one attached hydrogen (secondary N) is 1. The van der Waals surface area contributed by atoms with Gasteiger partial charge in [0.05, 0.1) is 11.3 Å². The second-order valence-corrected chi connectivity index (χ2v) is 7.14. The Kier molecular flexibility index (Phi) is 3.69. The lowest BCUT2D eigenvalue weighted by atomic mass is 10.0. The summed E-state index contributed by atoms with van der Waals surface area (Å²) in [6, 6.07) is 7.19. The molecule has 0 spiro atoms. The number of hydrogen-bond acceptors (Lipinski definition) is 4. The van der Waals surface area contributed by atoms with Gasteiger partial charge in [0.1, 0.15) is 0 Å². The van der Waals surface area contributed by atoms with Crippen LogP contribution in [-0.2, 0) is 19.9 Å². The van der Waals surface area contributed by atoms with Crippen molar-refractivity contribution in [2.45, 2.75) is 25.7 Å². The summed E-state index contributed by atoms with van der Waals surface area (Å²) < 4.78 is 1.45. The van der Waals surface area contributed by atoms with Crippen LogP contribution in [0.5, 0.6) is 0 Å². The normalized spacial score (nSPS) is 13.7. The van der Waals surface area contributed by atoms with Crippen molar-refractivity contribution in [3.8, 4) is 0 Å². The Balaban J connectivity index is 1.72. The number of rotatable bonds is 2. The minimum atomic E-state index is -0.229. The van der Waals surface area contributed by atoms with Crippen LogP contribution in [0.3, 0.4) is 0 Å². The molecule has 1 aromatic carbocycles. The number of hydrogen-bond donors (Lipinski definition) is 1. The zero-order chi connectivity index (χ0) is 16.7. The number of carbonyl (C=O) groups is 1. The van der Waals surface area contributed by atoms with E-state index in [0.717, 1.165) is 25.0 Å². The highest BCUT2D eigenvalue weighted by atomic mass is 32.1. The van der Waals surface area contributed by atoms with E-state index in [1.54, 1.807) is 42.8 Å². The SMILES string of the molecule is Cn1cc(C(=O)Nc2nc3c(s2)CCCC3)c2ccccc2c1=O. The van der Waals surface area contributed by atoms with Crippen molar-refractivity contribution < 1.29 is 4.79 Å². The summed E-state index contributed by atoms with van der Waals surface area (Å²) in [5, 5.41) is 4.76. The van der Waals surface area contributed by atoms with Crippen molar-refractivity contribution >= 4 is 33.1 Å². The van der Waals surface area contributed by atoms with Crippen LogP contribution in [-0.4, -0.2) is 15.5 Å². The zero-order valence-corrected chi connectivity index (χ0v) is 14.2. The molecule has 0 atom stereocenters. The van der Waals surface area contributed by atoms with E-state index in [1.165, 1.54) is 15.9 Å². The first kappa shape index (κ1) is 15.1. The standard InChI is InChI=1S/C18H17N3O2S/c1-21-10-13(11-6-2-3-7-12(11)17(21)23)16(22)20-18-19-14-8-4-5-9-15(14)24-18/h2-3,6-7,10H,4-5,8-9H2,1H3,(H,19,20,22). The minimum Gasteiger partial charge on any atom is -0.317 e. The number of aromatic nitrogens is 2. The lowest BCUT2D eigenvalue weighted by Crippen LogP contribution is -2.21. The van der Waals surface area contributed by atoms with Gasteiger partial charge < -0.3 is 4.57 Å². The van der Waals surface area contributed by atoms with Crippen LogP contribution in [0, 0.1) is 0 Å². The largest absolute Gasteiger partial charge is 0.317 e. The van der Waals surface area contributed by atoms with Crippen molar-refractivity contribution in [2.24, 2.45) is 7.05 Å². The Morgan fingerprint density at radius 2 is 1.96 bits per heavy atom. The molecule has 2 heterocycles. The van der Waals surface area contributed by atoms with Gasteiger partial charge >= 0.3 is 0 Å². The van der Waals surface area contributed by atoms with Gasteiger partial charge in [-0.25, -0.2) is 4.98 Å². The molecule has 0 radical (unpaired) electrons. The molecular weight excluding hydrogens is 322 g/mol. The maximum atomic E-state index is 12.7. The number of pyridine rings is 1. The highest BCUT2D eigenvalue weighted by molar-refractivity contribution is 7.15. The molecule has 122 valence electrons. The third-order valence-electron chi connectivity index (χ3n) is 4.40. The Hall–Kier alpha value is -2.47. The van der Waals surface area contributed by atoms with Crippen molar-refractivity contribution in [1.82, 2.24) is 9.55 Å². The molecule has 3 aromatic rings. The van der Waals surface area contributed by atoms with E-state index >= 15 is 0 Å². The number of amides is 1. The summed E-state index contributed by atoms with van der Waals surface area (Å²) in [6.07, 6.45) is 5.98. The zero-order valence-electron chi connectivity index (χ0n) is 13.3. The highest BCUT2D eigenvalue weighted by Gasteiger charge is 2.18. The molecule has 2 aromatic heterocycles. The van der Waals surface area contributed by atoms with Gasteiger partial charge in [0.2, 0.25) is 0 Å². The topological polar surface area (TPSA) is 64.0 Å². The fourth-order valence-electron chi connectivity index (χ4n) is 3.17. The molecule has 0 saturated carbocycles. The van der Waals surface area contributed by atoms with E-state index < -0.39 is 0 Å². The van der Waals surface area contributed by atoms with Crippen molar-refractivity contribution in [3.05, 3.63) is 57.0 Å². The van der Waals surface area contributed by atoms with Crippen LogP contribution in [0.25, 0.3) is 10.8 Å². The molecule has 0 saturated heterocycles. The average Bonchev–Trinajstić information content (AvgIpc) is 3.00. The molecule has 0 unspecified atom stereocenters. The summed E-state index contributed by atoms with van der Waals surface area (Å²) in [5.74, 6) is -0.229. The number of nitrogens with zero attached hydrogens (tertiary/aromatic N) is 2. The molecule has 4 rings (SSSR count). The number of thiazole rings is 1. The smallest absolute Gasteiger partial charge is 0.259 e. The van der Waals surface area contributed by atoms with E-state index in [0.29, 0.717) is 21.5 Å². The first-order chi connectivity index (χ1) is 11.6. The molecule has 6 heteroatoms. The molecular formula is C18H17N3O2S. The van der Waals surface area contributed by atoms with Crippen LogP contribution in [0.2, 0.25) is 0 Å². The van der Waals surface area contributed by atoms with E-state index in [4.69, 9.17) is 0 Å². The van der Waals surface area contributed by atoms with E-state index in [-0.39, 0.29) is 11.5 Å². The van der Waals surface area contributed by atoms with Crippen molar-refractivity contribution in [3.63, 3.8) is 0 Å². The molecule has 0 aliphatic heterocycles. The first-order valence-electron chi connectivity index (χ1n) is 8.02. The molecule has 0 fully saturated rings. The third-order valence-corrected chi connectivity index (χ3v) is 5.47. The Morgan fingerprint density at radius 1 is 1.21 bits per heavy atom. The monoisotopic (exact) mass is 339 g/mol. The highest BCUT2D eigenvalue weighted by Crippen LogP contribution is 2.30. The minimum absolute atomic E-state index is 0.105. The molecule has 1 amide bonds. The van der Waals surface area contributed by atoms with Crippen LogP contribution >= 0.6 is 11.3 Å². The molecule has 0 bridgehead atoms. The molecule has 1 N–H and O–H groups in total. The maximum Gasteiger partial charge on any atom is 0.259 e. The fraction of sp³-hybridized carbons (Fsp3) is 0.278. The Bertz CT molecular complexity index is 980. The molecule has 1 aliphatic carbocycles. The summed E-state index contributed by atoms with van der Waals surface area (Å²) in [5.41, 5.74) is 1.50. The summed E-state index contributed by atoms with van der Waals surface area (Å²) in [6.45, 7) is 0. The molecule has 1 aliphatic rings. The maximum absolute atomic E-state index is 12.7. The van der Waals surface area contributed by atoms with E-state index in [1.807, 2.05) is 6.07 Å². The number of fused-ring (bicyclic) bond motifs is 2. The fourth-order valence-corrected chi connectivity index (χ4v) is 4.21. The molecule has 24 heavy (non-hydrogen) atoms. The van der Waals surface area contributed by atoms with Gasteiger partial charge in [-0.1, -0.05) is 18.2 Å². The predicted molar refractivity (Wildman–Crippen MR) is 95.9 cm³/mol. The van der Waals surface area contributed by atoms with Crippen LogP contribution < -0.4 is 10.9 Å². The quantitative estimate of drug-likeness (QED) is 0.780. The van der Waals surface area contributed by atoms with Crippen molar-refractivity contribution in [2.75, 3.05) is 5.32 Å². The Labute approximate surface area is 143 Å². The summed E-state index contributed by atoms with van der Waals surface area (Å²) in [4.78, 5) is 30.8. The summed E-state index contributed by atoms with van der Waals surface area (Å²) in [7, 11) is 1.66. The van der Waals surface area contributed by atoms with Crippen LogP contribution in [0.4, 0.5) is 5.13 Å². The second-order valence-electron chi connectivity index (χ2n) is 6.05. The first-order valence-corrected chi connectivity index (χ1v) is 8.83. The van der Waals surface area contributed by atoms with Gasteiger partial charge in [0.25, 0.3) is 11.5 Å². The number of benzene rings is 1. The van der Waals surface area contributed by atoms with Crippen LogP contribution in [0.15, 0.2) is 35.3 Å². The second kappa shape index (κ2) is 5.87. The number of anilines is 1. The average molecular weight is 339 g/mol. The van der Waals surface area contributed by atoms with Gasteiger partial charge in [-0.05, 0) is 31.7 Å². The lowest BCUT2D eigenvalue weighted by Gasteiger charge is -2.08. The van der Waals surface area contributed by atoms with Crippen molar-refractivity contribution in [1.29, 1.82) is 0 Å². The molecule has 5 nitrogen and oxygen atoms in total. The lowest BCUT2D eigenvalue weighted by molar-refractivity contribution is 0.102. The third kappa shape index (κ3) is 2.53. The number of aryl methyl sites for hydroxylation is 3. The Morgan fingerprint density at radius 3 is 2.75 bits per heavy atom. The van der Waals surface area contributed by atoms with Gasteiger partial charge in [0, 0.05) is 28.9 Å². The van der Waals surface area contributed by atoms with E-state index in [9.17, 15) is 9.59 Å². The van der Waals surface area contributed by atoms with Gasteiger partial charge in [-0.3, -0.25) is 14.9 Å². The summed E-state index contributed by atoms with van der Waals surface area (Å²) >= 11 is 1.56. The van der Waals surface area contributed by atoms with Gasteiger partial charge in [-0.2, -0.15) is 0 Å². The van der Waals surface area contributed by atoms with Crippen LogP contribution in [0.1, 0.15) is 33.8 Å². The predicted octanol–water partition coefficient (Wildman–Crippen LogP) is 3.13. The van der Waals surface area contributed by atoms with Gasteiger partial charge in [-0.15, -0.1) is 11.3 Å². The van der Waals surface area contributed by atoms with E-state index in [2.05, 4.69) is 10.3 Å². The number of carbonyl (C=O) groups excluding carboxylic acids is 1. The van der Waals surface area contributed by atoms with Gasteiger partial charge in [0.15, 0.2) is 5.13 Å².